The monoisotopic (exact) mass is 486 g/mol. The van der Waals surface area contributed by atoms with Crippen molar-refractivity contribution in [1.82, 2.24) is 4.90 Å². The van der Waals surface area contributed by atoms with Gasteiger partial charge in [-0.2, -0.15) is 0 Å². The minimum Gasteiger partial charge on any atom is -0.489 e. The fourth-order valence-corrected chi connectivity index (χ4v) is 3.81. The molecule has 0 saturated heterocycles. The Balaban J connectivity index is 1.52. The Bertz CT molecular complexity index is 1300. The minimum atomic E-state index is -0.588. The van der Waals surface area contributed by atoms with Crippen LogP contribution < -0.4 is 4.74 Å². The summed E-state index contributed by atoms with van der Waals surface area (Å²) in [5.74, 6) is 0.407. The molecule has 6 nitrogen and oxygen atoms in total. The summed E-state index contributed by atoms with van der Waals surface area (Å²) < 4.78 is 5.85. The van der Waals surface area contributed by atoms with Crippen LogP contribution in [0.1, 0.15) is 27.0 Å². The Morgan fingerprint density at radius 1 is 0.800 bits per heavy atom. The average Bonchev–Trinajstić information content (AvgIpc) is 2.89. The first kappa shape index (κ1) is 24.0. The Kier molecular flexibility index (Phi) is 7.75. The van der Waals surface area contributed by atoms with E-state index in [-0.39, 0.29) is 22.2 Å². The van der Waals surface area contributed by atoms with Crippen LogP contribution in [0.25, 0.3) is 0 Å². The van der Waals surface area contributed by atoms with Crippen LogP contribution in [0, 0.1) is 10.1 Å². The maximum absolute atomic E-state index is 13.4. The molecule has 35 heavy (non-hydrogen) atoms. The number of nitro benzene ring substituents is 1. The molecule has 0 atom stereocenters. The SMILES string of the molecule is O=C(c1ccc(Cl)c([N+](=O)[O-])c1)N(Cc1ccccc1)Cc1ccc(OCc2ccccc2)cc1. The highest BCUT2D eigenvalue weighted by molar-refractivity contribution is 6.32. The Hall–Kier alpha value is -4.16. The molecule has 0 aliphatic rings. The highest BCUT2D eigenvalue weighted by Gasteiger charge is 2.21. The van der Waals surface area contributed by atoms with E-state index in [1.165, 1.54) is 18.2 Å². The maximum Gasteiger partial charge on any atom is 0.288 e. The van der Waals surface area contributed by atoms with Crippen LogP contribution in [0.15, 0.2) is 103 Å². The van der Waals surface area contributed by atoms with Gasteiger partial charge in [0.2, 0.25) is 0 Å². The van der Waals surface area contributed by atoms with E-state index >= 15 is 0 Å². The van der Waals surface area contributed by atoms with Crippen molar-refractivity contribution < 1.29 is 14.5 Å². The van der Waals surface area contributed by atoms with Crippen LogP contribution in [0.3, 0.4) is 0 Å². The highest BCUT2D eigenvalue weighted by Crippen LogP contribution is 2.26. The van der Waals surface area contributed by atoms with Crippen LogP contribution in [0.5, 0.6) is 5.75 Å². The number of carbonyl (C=O) groups is 1. The van der Waals surface area contributed by atoms with Crippen molar-refractivity contribution in [2.75, 3.05) is 0 Å². The highest BCUT2D eigenvalue weighted by atomic mass is 35.5. The van der Waals surface area contributed by atoms with Crippen LogP contribution in [-0.4, -0.2) is 15.7 Å². The van der Waals surface area contributed by atoms with E-state index < -0.39 is 4.92 Å². The van der Waals surface area contributed by atoms with Crippen molar-refractivity contribution in [2.45, 2.75) is 19.7 Å². The molecule has 0 spiro atoms. The van der Waals surface area contributed by atoms with Crippen LogP contribution in [-0.2, 0) is 19.7 Å². The van der Waals surface area contributed by atoms with E-state index in [4.69, 9.17) is 16.3 Å². The summed E-state index contributed by atoms with van der Waals surface area (Å²) in [6, 6.07) is 31.2. The first-order chi connectivity index (χ1) is 17.0. The van der Waals surface area contributed by atoms with Crippen molar-refractivity contribution in [3.05, 3.63) is 141 Å². The summed E-state index contributed by atoms with van der Waals surface area (Å²) in [5, 5.41) is 11.3. The average molecular weight is 487 g/mol. The molecule has 0 fully saturated rings. The third-order valence-electron chi connectivity index (χ3n) is 5.44. The van der Waals surface area contributed by atoms with Crippen molar-refractivity contribution in [3.63, 3.8) is 0 Å². The van der Waals surface area contributed by atoms with Gasteiger partial charge in [0.1, 0.15) is 17.4 Å². The molecule has 0 aromatic heterocycles. The third-order valence-corrected chi connectivity index (χ3v) is 5.76. The molecular weight excluding hydrogens is 464 g/mol. The van der Waals surface area contributed by atoms with Crippen molar-refractivity contribution in [2.24, 2.45) is 0 Å². The second-order valence-corrected chi connectivity index (χ2v) is 8.40. The first-order valence-corrected chi connectivity index (χ1v) is 11.4. The van der Waals surface area contributed by atoms with Crippen LogP contribution >= 0.6 is 11.6 Å². The predicted molar refractivity (Wildman–Crippen MR) is 135 cm³/mol. The molecule has 0 heterocycles. The Morgan fingerprint density at radius 3 is 1.97 bits per heavy atom. The van der Waals surface area contributed by atoms with Gasteiger partial charge in [-0.3, -0.25) is 14.9 Å². The van der Waals surface area contributed by atoms with Gasteiger partial charge in [0.15, 0.2) is 0 Å². The fourth-order valence-electron chi connectivity index (χ4n) is 3.62. The van der Waals surface area contributed by atoms with E-state index in [0.29, 0.717) is 19.7 Å². The fraction of sp³-hybridized carbons (Fsp3) is 0.107. The normalized spacial score (nSPS) is 10.5. The summed E-state index contributed by atoms with van der Waals surface area (Å²) in [6.45, 7) is 1.14. The molecule has 4 aromatic carbocycles. The van der Waals surface area contributed by atoms with E-state index in [1.54, 1.807) is 4.90 Å². The van der Waals surface area contributed by atoms with E-state index in [9.17, 15) is 14.9 Å². The molecule has 0 radical (unpaired) electrons. The standard InChI is InChI=1S/C28H23ClN2O4/c29-26-16-13-24(17-27(26)31(33)34)28(32)30(18-21-7-3-1-4-8-21)19-22-11-14-25(15-12-22)35-20-23-9-5-2-6-10-23/h1-17H,18-20H2. The topological polar surface area (TPSA) is 72.7 Å². The van der Waals surface area contributed by atoms with Gasteiger partial charge in [0.05, 0.1) is 4.92 Å². The van der Waals surface area contributed by atoms with Crippen LogP contribution in [0.2, 0.25) is 5.02 Å². The summed E-state index contributed by atoms with van der Waals surface area (Å²) in [6.07, 6.45) is 0. The lowest BCUT2D eigenvalue weighted by molar-refractivity contribution is -0.384. The number of carbonyl (C=O) groups excluding carboxylic acids is 1. The summed E-state index contributed by atoms with van der Waals surface area (Å²) in [4.78, 5) is 25.8. The molecular formula is C28H23ClN2O4. The molecule has 0 aliphatic heterocycles. The largest absolute Gasteiger partial charge is 0.489 e. The zero-order valence-corrected chi connectivity index (χ0v) is 19.6. The zero-order valence-electron chi connectivity index (χ0n) is 18.8. The van der Waals surface area contributed by atoms with E-state index in [2.05, 4.69) is 0 Å². The van der Waals surface area contributed by atoms with Gasteiger partial charge >= 0.3 is 0 Å². The molecule has 0 bridgehead atoms. The van der Waals surface area contributed by atoms with Crippen molar-refractivity contribution in [3.8, 4) is 5.75 Å². The number of amides is 1. The van der Waals surface area contributed by atoms with Crippen LogP contribution in [0.4, 0.5) is 5.69 Å². The van der Waals surface area contributed by atoms with Crippen molar-refractivity contribution in [1.29, 1.82) is 0 Å². The molecule has 0 aliphatic carbocycles. The summed E-state index contributed by atoms with van der Waals surface area (Å²) in [5.41, 5.74) is 2.85. The second-order valence-electron chi connectivity index (χ2n) is 7.99. The number of rotatable bonds is 9. The second kappa shape index (κ2) is 11.3. The number of nitro groups is 1. The van der Waals surface area contributed by atoms with E-state index in [1.807, 2.05) is 84.9 Å². The van der Waals surface area contributed by atoms with Gasteiger partial charge in [-0.05, 0) is 41.0 Å². The Morgan fingerprint density at radius 2 is 1.37 bits per heavy atom. The smallest absolute Gasteiger partial charge is 0.288 e. The number of hydrogen-bond acceptors (Lipinski definition) is 4. The van der Waals surface area contributed by atoms with E-state index in [0.717, 1.165) is 22.4 Å². The summed E-state index contributed by atoms with van der Waals surface area (Å²) in [7, 11) is 0. The van der Waals surface area contributed by atoms with Gasteiger partial charge in [-0.1, -0.05) is 84.4 Å². The lowest BCUT2D eigenvalue weighted by atomic mass is 10.1. The molecule has 4 rings (SSSR count). The molecule has 7 heteroatoms. The quantitative estimate of drug-likeness (QED) is 0.195. The number of ether oxygens (including phenoxy) is 1. The first-order valence-electron chi connectivity index (χ1n) is 11.0. The Labute approximate surface area is 208 Å². The molecule has 0 N–H and O–H groups in total. The molecule has 4 aromatic rings. The molecule has 0 saturated carbocycles. The molecule has 176 valence electrons. The van der Waals surface area contributed by atoms with Gasteiger partial charge < -0.3 is 9.64 Å². The summed E-state index contributed by atoms with van der Waals surface area (Å²) >= 11 is 5.94. The number of benzene rings is 4. The maximum atomic E-state index is 13.4. The van der Waals surface area contributed by atoms with Gasteiger partial charge in [0.25, 0.3) is 11.6 Å². The molecule has 1 amide bonds. The predicted octanol–water partition coefficient (Wildman–Crippen LogP) is 6.67. The molecule has 0 unspecified atom stereocenters. The van der Waals surface area contributed by atoms with Gasteiger partial charge in [-0.15, -0.1) is 0 Å². The third kappa shape index (κ3) is 6.46. The zero-order chi connectivity index (χ0) is 24.6. The van der Waals surface area contributed by atoms with Gasteiger partial charge in [-0.25, -0.2) is 0 Å². The van der Waals surface area contributed by atoms with Crippen molar-refractivity contribution >= 4 is 23.2 Å². The van der Waals surface area contributed by atoms with Gasteiger partial charge in [0, 0.05) is 24.7 Å². The number of halogens is 1. The lowest BCUT2D eigenvalue weighted by Crippen LogP contribution is -2.30. The number of hydrogen-bond donors (Lipinski definition) is 0. The number of nitrogens with zero attached hydrogens (tertiary/aromatic N) is 2. The minimum absolute atomic E-state index is 0.00718. The lowest BCUT2D eigenvalue weighted by Gasteiger charge is -2.23.